The predicted molar refractivity (Wildman–Crippen MR) is 64.5 cm³/mol. The second-order valence-electron chi connectivity index (χ2n) is 4.25. The second kappa shape index (κ2) is 4.80. The summed E-state index contributed by atoms with van der Waals surface area (Å²) in [5.41, 5.74) is 7.77. The molecule has 1 aromatic rings. The molecule has 0 aromatic carbocycles. The Kier molecular flexibility index (Phi) is 3.41. The molecule has 2 N–H and O–H groups in total. The van der Waals surface area contributed by atoms with Gasteiger partial charge in [-0.2, -0.15) is 0 Å². The molecule has 16 heavy (non-hydrogen) atoms. The molecule has 1 saturated heterocycles. The van der Waals surface area contributed by atoms with Crippen LogP contribution in [0.3, 0.4) is 0 Å². The van der Waals surface area contributed by atoms with Gasteiger partial charge in [0.15, 0.2) is 0 Å². The minimum absolute atomic E-state index is 0.282. The largest absolute Gasteiger partial charge is 0.375 e. The van der Waals surface area contributed by atoms with Crippen LogP contribution in [0.15, 0.2) is 12.1 Å². The van der Waals surface area contributed by atoms with Gasteiger partial charge in [0.1, 0.15) is 5.82 Å². The third kappa shape index (κ3) is 2.33. The average molecular weight is 221 g/mol. The van der Waals surface area contributed by atoms with Crippen molar-refractivity contribution in [1.29, 1.82) is 0 Å². The maximum absolute atomic E-state index is 5.63. The van der Waals surface area contributed by atoms with E-state index in [1.54, 1.807) is 0 Å². The van der Waals surface area contributed by atoms with Crippen LogP contribution in [0, 0.1) is 6.92 Å². The molecule has 2 rings (SSSR count). The molecular formula is C12H19N3O. The molecule has 1 aromatic heterocycles. The molecule has 0 aliphatic carbocycles. The van der Waals surface area contributed by atoms with Crippen LogP contribution in [0.2, 0.25) is 0 Å². The van der Waals surface area contributed by atoms with Crippen molar-refractivity contribution in [3.63, 3.8) is 0 Å². The van der Waals surface area contributed by atoms with Gasteiger partial charge < -0.3 is 15.4 Å². The summed E-state index contributed by atoms with van der Waals surface area (Å²) in [6.45, 7) is 7.26. The van der Waals surface area contributed by atoms with Gasteiger partial charge in [-0.3, -0.25) is 0 Å². The molecule has 0 radical (unpaired) electrons. The number of pyridine rings is 1. The molecule has 0 amide bonds. The van der Waals surface area contributed by atoms with E-state index < -0.39 is 0 Å². The van der Waals surface area contributed by atoms with Crippen LogP contribution in [0.5, 0.6) is 0 Å². The van der Waals surface area contributed by atoms with Crippen molar-refractivity contribution in [2.24, 2.45) is 5.73 Å². The first-order valence-electron chi connectivity index (χ1n) is 5.74. The Bertz CT molecular complexity index is 367. The number of rotatable bonds is 2. The SMILES string of the molecule is Cc1nc(N2CCOC(C)C2)ccc1CN. The zero-order valence-corrected chi connectivity index (χ0v) is 9.94. The maximum atomic E-state index is 5.63. The minimum Gasteiger partial charge on any atom is -0.375 e. The Morgan fingerprint density at radius 1 is 1.56 bits per heavy atom. The Morgan fingerprint density at radius 3 is 3.00 bits per heavy atom. The van der Waals surface area contributed by atoms with E-state index in [-0.39, 0.29) is 6.10 Å². The summed E-state index contributed by atoms with van der Waals surface area (Å²) in [5.74, 6) is 1.03. The van der Waals surface area contributed by atoms with Gasteiger partial charge >= 0.3 is 0 Å². The maximum Gasteiger partial charge on any atom is 0.128 e. The number of ether oxygens (including phenoxy) is 1. The lowest BCUT2D eigenvalue weighted by Gasteiger charge is -2.32. The molecule has 0 saturated carbocycles. The number of aryl methyl sites for hydroxylation is 1. The van der Waals surface area contributed by atoms with Crippen LogP contribution in [-0.4, -0.2) is 30.8 Å². The molecule has 1 unspecified atom stereocenters. The van der Waals surface area contributed by atoms with E-state index >= 15 is 0 Å². The fraction of sp³-hybridized carbons (Fsp3) is 0.583. The summed E-state index contributed by atoms with van der Waals surface area (Å²) in [6, 6.07) is 4.12. The zero-order valence-electron chi connectivity index (χ0n) is 9.94. The highest BCUT2D eigenvalue weighted by Crippen LogP contribution is 2.17. The van der Waals surface area contributed by atoms with Gasteiger partial charge in [-0.25, -0.2) is 4.98 Å². The van der Waals surface area contributed by atoms with Crippen LogP contribution < -0.4 is 10.6 Å². The number of aromatic nitrogens is 1. The number of hydrogen-bond donors (Lipinski definition) is 1. The van der Waals surface area contributed by atoms with Crippen molar-refractivity contribution in [2.45, 2.75) is 26.5 Å². The fourth-order valence-corrected chi connectivity index (χ4v) is 2.00. The summed E-state index contributed by atoms with van der Waals surface area (Å²) in [5, 5.41) is 0. The van der Waals surface area contributed by atoms with E-state index in [0.29, 0.717) is 6.54 Å². The molecule has 1 atom stereocenters. The van der Waals surface area contributed by atoms with Crippen LogP contribution >= 0.6 is 0 Å². The quantitative estimate of drug-likeness (QED) is 0.811. The number of morpholine rings is 1. The smallest absolute Gasteiger partial charge is 0.128 e. The third-order valence-corrected chi connectivity index (χ3v) is 2.97. The van der Waals surface area contributed by atoms with Gasteiger partial charge in [0.05, 0.1) is 12.7 Å². The van der Waals surface area contributed by atoms with E-state index in [9.17, 15) is 0 Å². The predicted octanol–water partition coefficient (Wildman–Crippen LogP) is 1.07. The van der Waals surface area contributed by atoms with Crippen LogP contribution in [0.4, 0.5) is 5.82 Å². The van der Waals surface area contributed by atoms with E-state index in [1.165, 1.54) is 0 Å². The summed E-state index contributed by atoms with van der Waals surface area (Å²) in [6.07, 6.45) is 0.282. The van der Waals surface area contributed by atoms with Gasteiger partial charge in [-0.1, -0.05) is 6.07 Å². The molecule has 4 nitrogen and oxygen atoms in total. The van der Waals surface area contributed by atoms with Gasteiger partial charge in [0, 0.05) is 25.3 Å². The topological polar surface area (TPSA) is 51.4 Å². The highest BCUT2D eigenvalue weighted by Gasteiger charge is 2.18. The summed E-state index contributed by atoms with van der Waals surface area (Å²) >= 11 is 0. The number of anilines is 1. The number of hydrogen-bond acceptors (Lipinski definition) is 4. The number of nitrogens with zero attached hydrogens (tertiary/aromatic N) is 2. The van der Waals surface area contributed by atoms with E-state index in [2.05, 4.69) is 22.9 Å². The van der Waals surface area contributed by atoms with Crippen LogP contribution in [0.25, 0.3) is 0 Å². The molecule has 1 aliphatic rings. The van der Waals surface area contributed by atoms with Crippen molar-refractivity contribution in [3.8, 4) is 0 Å². The molecule has 88 valence electrons. The van der Waals surface area contributed by atoms with Gasteiger partial charge in [0.25, 0.3) is 0 Å². The highest BCUT2D eigenvalue weighted by molar-refractivity contribution is 5.42. The molecule has 4 heteroatoms. The van der Waals surface area contributed by atoms with Crippen LogP contribution in [0.1, 0.15) is 18.2 Å². The first-order valence-corrected chi connectivity index (χ1v) is 5.74. The zero-order chi connectivity index (χ0) is 11.5. The monoisotopic (exact) mass is 221 g/mol. The van der Waals surface area contributed by atoms with E-state index in [0.717, 1.165) is 36.8 Å². The van der Waals surface area contributed by atoms with Crippen molar-refractivity contribution < 1.29 is 4.74 Å². The summed E-state index contributed by atoms with van der Waals surface area (Å²) < 4.78 is 5.52. The second-order valence-corrected chi connectivity index (χ2v) is 4.25. The highest BCUT2D eigenvalue weighted by atomic mass is 16.5. The Balaban J connectivity index is 2.17. The Hall–Kier alpha value is -1.13. The lowest BCUT2D eigenvalue weighted by atomic mass is 10.2. The normalized spacial score (nSPS) is 21.2. The van der Waals surface area contributed by atoms with Crippen molar-refractivity contribution in [2.75, 3.05) is 24.6 Å². The van der Waals surface area contributed by atoms with E-state index in [4.69, 9.17) is 10.5 Å². The number of nitrogens with two attached hydrogens (primary N) is 1. The lowest BCUT2D eigenvalue weighted by molar-refractivity contribution is 0.0529. The molecule has 1 fully saturated rings. The molecule has 1 aliphatic heterocycles. The summed E-state index contributed by atoms with van der Waals surface area (Å²) in [7, 11) is 0. The first-order chi connectivity index (χ1) is 7.70. The minimum atomic E-state index is 0.282. The van der Waals surface area contributed by atoms with Crippen LogP contribution in [-0.2, 0) is 11.3 Å². The molecular weight excluding hydrogens is 202 g/mol. The van der Waals surface area contributed by atoms with Gasteiger partial charge in [-0.05, 0) is 25.5 Å². The van der Waals surface area contributed by atoms with Gasteiger partial charge in [0.2, 0.25) is 0 Å². The fourth-order valence-electron chi connectivity index (χ4n) is 2.00. The Morgan fingerprint density at radius 2 is 2.38 bits per heavy atom. The van der Waals surface area contributed by atoms with Crippen molar-refractivity contribution in [3.05, 3.63) is 23.4 Å². The van der Waals surface area contributed by atoms with Crippen molar-refractivity contribution >= 4 is 5.82 Å². The lowest BCUT2D eigenvalue weighted by Crippen LogP contribution is -2.41. The Labute approximate surface area is 96.4 Å². The third-order valence-electron chi connectivity index (χ3n) is 2.97. The summed E-state index contributed by atoms with van der Waals surface area (Å²) in [4.78, 5) is 6.86. The first kappa shape index (κ1) is 11.4. The standard InChI is InChI=1S/C12H19N3O/c1-9-8-15(5-6-16-9)12-4-3-11(7-13)10(2)14-12/h3-4,9H,5-8,13H2,1-2H3. The molecule has 2 heterocycles. The average Bonchev–Trinajstić information content (AvgIpc) is 2.29. The molecule has 0 spiro atoms. The van der Waals surface area contributed by atoms with Crippen molar-refractivity contribution in [1.82, 2.24) is 4.98 Å². The van der Waals surface area contributed by atoms with E-state index in [1.807, 2.05) is 13.0 Å². The van der Waals surface area contributed by atoms with Gasteiger partial charge in [-0.15, -0.1) is 0 Å². The molecule has 0 bridgehead atoms.